The number of carbonyl (C=O) groups excluding carboxylic acids is 1. The van der Waals surface area contributed by atoms with Gasteiger partial charge in [-0.15, -0.1) is 12.4 Å². The second-order valence-electron chi connectivity index (χ2n) is 6.67. The molecule has 0 radical (unpaired) electrons. The Morgan fingerprint density at radius 1 is 1.16 bits per heavy atom. The Labute approximate surface area is 156 Å². The number of hydrogen-bond donors (Lipinski definition) is 2. The number of aliphatic carboxylic acids is 1. The number of unbranched alkanes of at least 4 members (excludes halogenated alkanes) is 1. The van der Waals surface area contributed by atoms with Crippen molar-refractivity contribution in [3.05, 3.63) is 35.4 Å². The SMILES string of the molecule is Cc1ccc(CNC(=O)C2CCN(CCCCC(=O)O)CC2)cc1.Cl. The molecular weight excluding hydrogens is 340 g/mol. The first kappa shape index (κ1) is 21.5. The monoisotopic (exact) mass is 368 g/mol. The quantitative estimate of drug-likeness (QED) is 0.692. The first-order valence-corrected chi connectivity index (χ1v) is 8.82. The summed E-state index contributed by atoms with van der Waals surface area (Å²) < 4.78 is 0. The first-order chi connectivity index (χ1) is 11.5. The highest BCUT2D eigenvalue weighted by Crippen LogP contribution is 2.18. The van der Waals surface area contributed by atoms with Crippen molar-refractivity contribution in [2.75, 3.05) is 19.6 Å². The molecule has 25 heavy (non-hydrogen) atoms. The summed E-state index contributed by atoms with van der Waals surface area (Å²) >= 11 is 0. The highest BCUT2D eigenvalue weighted by molar-refractivity contribution is 5.85. The van der Waals surface area contributed by atoms with Gasteiger partial charge in [0.1, 0.15) is 0 Å². The van der Waals surface area contributed by atoms with Gasteiger partial charge in [-0.25, -0.2) is 0 Å². The van der Waals surface area contributed by atoms with Crippen molar-refractivity contribution in [2.24, 2.45) is 5.92 Å². The zero-order valence-electron chi connectivity index (χ0n) is 14.9. The fourth-order valence-corrected chi connectivity index (χ4v) is 3.07. The number of benzene rings is 1. The number of aryl methyl sites for hydroxylation is 1. The largest absolute Gasteiger partial charge is 0.481 e. The van der Waals surface area contributed by atoms with Crippen molar-refractivity contribution in [3.63, 3.8) is 0 Å². The molecule has 1 fully saturated rings. The maximum atomic E-state index is 12.3. The van der Waals surface area contributed by atoms with Crippen LogP contribution < -0.4 is 5.32 Å². The molecule has 1 saturated heterocycles. The van der Waals surface area contributed by atoms with Crippen LogP contribution in [0.3, 0.4) is 0 Å². The van der Waals surface area contributed by atoms with Crippen LogP contribution >= 0.6 is 12.4 Å². The Hall–Kier alpha value is -1.59. The summed E-state index contributed by atoms with van der Waals surface area (Å²) in [5.41, 5.74) is 2.35. The molecular formula is C19H29ClN2O3. The molecule has 0 atom stereocenters. The van der Waals surface area contributed by atoms with Gasteiger partial charge in [0.15, 0.2) is 0 Å². The zero-order valence-corrected chi connectivity index (χ0v) is 15.7. The third kappa shape index (κ3) is 7.88. The molecule has 0 spiro atoms. The lowest BCUT2D eigenvalue weighted by atomic mass is 9.95. The van der Waals surface area contributed by atoms with Crippen LogP contribution in [0.1, 0.15) is 43.2 Å². The number of carbonyl (C=O) groups is 2. The number of amides is 1. The van der Waals surface area contributed by atoms with E-state index in [1.54, 1.807) is 0 Å². The van der Waals surface area contributed by atoms with Gasteiger partial charge in [-0.05, 0) is 57.8 Å². The van der Waals surface area contributed by atoms with Crippen LogP contribution in [0.4, 0.5) is 0 Å². The van der Waals surface area contributed by atoms with Gasteiger partial charge in [0, 0.05) is 18.9 Å². The van der Waals surface area contributed by atoms with Gasteiger partial charge in [-0.1, -0.05) is 29.8 Å². The van der Waals surface area contributed by atoms with Crippen molar-refractivity contribution in [1.29, 1.82) is 0 Å². The number of carboxylic acids is 1. The van der Waals surface area contributed by atoms with E-state index in [0.29, 0.717) is 6.54 Å². The summed E-state index contributed by atoms with van der Waals surface area (Å²) in [7, 11) is 0. The molecule has 0 aromatic heterocycles. The van der Waals surface area contributed by atoms with E-state index >= 15 is 0 Å². The number of likely N-dealkylation sites (tertiary alicyclic amines) is 1. The second kappa shape index (κ2) is 11.1. The fraction of sp³-hybridized carbons (Fsp3) is 0.579. The van der Waals surface area contributed by atoms with E-state index in [2.05, 4.69) is 41.4 Å². The van der Waals surface area contributed by atoms with Gasteiger partial charge in [0.25, 0.3) is 0 Å². The van der Waals surface area contributed by atoms with Gasteiger partial charge in [-0.2, -0.15) is 0 Å². The van der Waals surface area contributed by atoms with Crippen LogP contribution in [0, 0.1) is 12.8 Å². The molecule has 0 aliphatic carbocycles. The Morgan fingerprint density at radius 3 is 2.40 bits per heavy atom. The predicted octanol–water partition coefficient (Wildman–Crippen LogP) is 3.00. The maximum Gasteiger partial charge on any atom is 0.303 e. The number of carboxylic acid groups (broad SMARTS) is 1. The molecule has 0 bridgehead atoms. The number of rotatable bonds is 8. The summed E-state index contributed by atoms with van der Waals surface area (Å²) in [5.74, 6) is -0.467. The van der Waals surface area contributed by atoms with Gasteiger partial charge in [0.05, 0.1) is 0 Å². The minimum Gasteiger partial charge on any atom is -0.481 e. The van der Waals surface area contributed by atoms with E-state index in [1.807, 2.05) is 0 Å². The fourth-order valence-electron chi connectivity index (χ4n) is 3.07. The molecule has 2 rings (SSSR count). The van der Waals surface area contributed by atoms with Crippen LogP contribution in [-0.2, 0) is 16.1 Å². The molecule has 1 heterocycles. The Balaban J connectivity index is 0.00000312. The predicted molar refractivity (Wildman–Crippen MR) is 101 cm³/mol. The van der Waals surface area contributed by atoms with Gasteiger partial charge >= 0.3 is 5.97 Å². The number of nitrogens with one attached hydrogen (secondary N) is 1. The Kier molecular flexibility index (Phi) is 9.53. The van der Waals surface area contributed by atoms with Crippen molar-refractivity contribution in [3.8, 4) is 0 Å². The minimum absolute atomic E-state index is 0. The van der Waals surface area contributed by atoms with Crippen LogP contribution in [0.15, 0.2) is 24.3 Å². The molecule has 1 aliphatic heterocycles. The van der Waals surface area contributed by atoms with E-state index in [4.69, 9.17) is 5.11 Å². The Morgan fingerprint density at radius 2 is 1.80 bits per heavy atom. The molecule has 5 nitrogen and oxygen atoms in total. The van der Waals surface area contributed by atoms with Crippen LogP contribution in [0.5, 0.6) is 0 Å². The molecule has 0 unspecified atom stereocenters. The Bertz CT molecular complexity index is 540. The van der Waals surface area contributed by atoms with Crippen molar-refractivity contribution in [2.45, 2.75) is 45.6 Å². The summed E-state index contributed by atoms with van der Waals surface area (Å²) in [6.07, 6.45) is 3.66. The molecule has 2 N–H and O–H groups in total. The highest BCUT2D eigenvalue weighted by Gasteiger charge is 2.24. The highest BCUT2D eigenvalue weighted by atomic mass is 35.5. The molecule has 1 aromatic carbocycles. The average molecular weight is 369 g/mol. The molecule has 1 aromatic rings. The van der Waals surface area contributed by atoms with Gasteiger partial charge < -0.3 is 15.3 Å². The van der Waals surface area contributed by atoms with Crippen LogP contribution in [0.25, 0.3) is 0 Å². The normalized spacial score (nSPS) is 15.4. The third-order valence-electron chi connectivity index (χ3n) is 4.66. The van der Waals surface area contributed by atoms with Crippen molar-refractivity contribution < 1.29 is 14.7 Å². The zero-order chi connectivity index (χ0) is 17.4. The number of nitrogens with zero attached hydrogens (tertiary/aromatic N) is 1. The van der Waals surface area contributed by atoms with E-state index in [-0.39, 0.29) is 30.7 Å². The van der Waals surface area contributed by atoms with E-state index in [1.165, 1.54) is 5.56 Å². The summed E-state index contributed by atoms with van der Waals surface area (Å²) in [5, 5.41) is 11.7. The smallest absolute Gasteiger partial charge is 0.303 e. The second-order valence-corrected chi connectivity index (χ2v) is 6.67. The number of piperidine rings is 1. The standard InChI is InChI=1S/C19H28N2O3.ClH/c1-15-5-7-16(8-6-15)14-20-19(24)17-9-12-21(13-10-17)11-3-2-4-18(22)23;/h5-8,17H,2-4,9-14H2,1H3,(H,20,24)(H,22,23);1H. The third-order valence-corrected chi connectivity index (χ3v) is 4.66. The van der Waals surface area contributed by atoms with Crippen molar-refractivity contribution in [1.82, 2.24) is 10.2 Å². The van der Waals surface area contributed by atoms with Crippen LogP contribution in [0.2, 0.25) is 0 Å². The van der Waals surface area contributed by atoms with Gasteiger partial charge in [0.2, 0.25) is 5.91 Å². The molecule has 140 valence electrons. The summed E-state index contributed by atoms with van der Waals surface area (Å²) in [4.78, 5) is 25.1. The topological polar surface area (TPSA) is 69.6 Å². The molecule has 1 aliphatic rings. The number of halogens is 1. The minimum atomic E-state index is -0.723. The molecule has 1 amide bonds. The van der Waals surface area contributed by atoms with Crippen molar-refractivity contribution >= 4 is 24.3 Å². The molecule has 6 heteroatoms. The van der Waals surface area contributed by atoms with E-state index < -0.39 is 5.97 Å². The van der Waals surface area contributed by atoms with E-state index in [9.17, 15) is 9.59 Å². The van der Waals surface area contributed by atoms with Gasteiger partial charge in [-0.3, -0.25) is 9.59 Å². The first-order valence-electron chi connectivity index (χ1n) is 8.82. The summed E-state index contributed by atoms with van der Waals surface area (Å²) in [6, 6.07) is 8.22. The summed E-state index contributed by atoms with van der Waals surface area (Å²) in [6.45, 7) is 5.43. The lowest BCUT2D eigenvalue weighted by Crippen LogP contribution is -2.40. The van der Waals surface area contributed by atoms with Crippen LogP contribution in [-0.4, -0.2) is 41.5 Å². The lowest BCUT2D eigenvalue weighted by Gasteiger charge is -2.31. The maximum absolute atomic E-state index is 12.3. The molecule has 0 saturated carbocycles. The average Bonchev–Trinajstić information content (AvgIpc) is 2.58. The lowest BCUT2D eigenvalue weighted by molar-refractivity contribution is -0.137. The number of hydrogen-bond acceptors (Lipinski definition) is 3. The van der Waals surface area contributed by atoms with E-state index in [0.717, 1.165) is 50.9 Å².